The molecule has 2 aromatic carbocycles. The van der Waals surface area contributed by atoms with Crippen molar-refractivity contribution in [1.82, 2.24) is 5.43 Å². The summed E-state index contributed by atoms with van der Waals surface area (Å²) in [5.41, 5.74) is 3.41. The van der Waals surface area contributed by atoms with Crippen LogP contribution in [0.2, 0.25) is 0 Å². The maximum atomic E-state index is 11.6. The molecule has 0 heterocycles. The van der Waals surface area contributed by atoms with E-state index in [2.05, 4.69) is 15.8 Å². The van der Waals surface area contributed by atoms with Crippen molar-refractivity contribution in [3.8, 4) is 11.5 Å². The van der Waals surface area contributed by atoms with E-state index >= 15 is 0 Å². The van der Waals surface area contributed by atoms with Gasteiger partial charge < -0.3 is 15.2 Å². The molecule has 108 valence electrons. The Kier molecular flexibility index (Phi) is 4.76. The van der Waals surface area contributed by atoms with E-state index in [0.717, 1.165) is 0 Å². The first-order chi connectivity index (χ1) is 10.2. The second-order valence-electron chi connectivity index (χ2n) is 4.09. The number of amides is 2. The number of methoxy groups -OCH3 is 1. The number of para-hydroxylation sites is 2. The molecule has 2 amide bonds. The first kappa shape index (κ1) is 14.4. The summed E-state index contributed by atoms with van der Waals surface area (Å²) in [6.07, 6.45) is 1.34. The van der Waals surface area contributed by atoms with Crippen LogP contribution in [0, 0.1) is 0 Å². The van der Waals surface area contributed by atoms with Gasteiger partial charge in [-0.15, -0.1) is 0 Å². The number of benzene rings is 2. The van der Waals surface area contributed by atoms with Crippen LogP contribution in [0.1, 0.15) is 5.56 Å². The third-order valence-electron chi connectivity index (χ3n) is 2.65. The number of carbonyl (C=O) groups excluding carboxylic acids is 1. The van der Waals surface area contributed by atoms with Crippen LogP contribution < -0.4 is 15.5 Å². The number of ether oxygens (including phenoxy) is 1. The molecule has 0 aromatic heterocycles. The highest BCUT2D eigenvalue weighted by Gasteiger charge is 2.05. The molecule has 0 saturated carbocycles. The quantitative estimate of drug-likeness (QED) is 0.596. The molecule has 0 spiro atoms. The Balaban J connectivity index is 1.95. The van der Waals surface area contributed by atoms with E-state index < -0.39 is 6.03 Å². The van der Waals surface area contributed by atoms with Crippen molar-refractivity contribution in [2.75, 3.05) is 12.4 Å². The molecule has 6 heteroatoms. The van der Waals surface area contributed by atoms with Crippen molar-refractivity contribution in [2.45, 2.75) is 0 Å². The first-order valence-corrected chi connectivity index (χ1v) is 6.22. The van der Waals surface area contributed by atoms with Crippen LogP contribution in [0.3, 0.4) is 0 Å². The zero-order valence-corrected chi connectivity index (χ0v) is 11.4. The Morgan fingerprint density at radius 1 is 1.19 bits per heavy atom. The number of urea groups is 1. The monoisotopic (exact) mass is 285 g/mol. The number of anilines is 1. The molecule has 2 rings (SSSR count). The van der Waals surface area contributed by atoms with Crippen molar-refractivity contribution in [3.63, 3.8) is 0 Å². The second kappa shape index (κ2) is 6.95. The smallest absolute Gasteiger partial charge is 0.339 e. The Morgan fingerprint density at radius 3 is 2.67 bits per heavy atom. The lowest BCUT2D eigenvalue weighted by Gasteiger charge is -2.05. The molecule has 0 aliphatic heterocycles. The zero-order valence-electron chi connectivity index (χ0n) is 11.4. The van der Waals surface area contributed by atoms with Crippen molar-refractivity contribution in [1.29, 1.82) is 0 Å². The zero-order chi connectivity index (χ0) is 15.1. The van der Waals surface area contributed by atoms with Gasteiger partial charge in [-0.05, 0) is 24.3 Å². The molecular formula is C15H15N3O3. The van der Waals surface area contributed by atoms with Crippen LogP contribution in [0.5, 0.6) is 11.5 Å². The summed E-state index contributed by atoms with van der Waals surface area (Å²) in [7, 11) is 1.46. The van der Waals surface area contributed by atoms with E-state index in [4.69, 9.17) is 4.74 Å². The lowest BCUT2D eigenvalue weighted by molar-refractivity contribution is 0.252. The van der Waals surface area contributed by atoms with Crippen LogP contribution in [0.25, 0.3) is 0 Å². The van der Waals surface area contributed by atoms with E-state index in [1.165, 1.54) is 13.3 Å². The van der Waals surface area contributed by atoms with Gasteiger partial charge in [-0.1, -0.05) is 24.3 Å². The fourth-order valence-corrected chi connectivity index (χ4v) is 1.65. The van der Waals surface area contributed by atoms with Gasteiger partial charge in [0.15, 0.2) is 11.5 Å². The summed E-state index contributed by atoms with van der Waals surface area (Å²) in [5.74, 6) is 0.307. The molecule has 0 radical (unpaired) electrons. The van der Waals surface area contributed by atoms with Gasteiger partial charge in [0, 0.05) is 11.3 Å². The number of nitrogens with one attached hydrogen (secondary N) is 2. The highest BCUT2D eigenvalue weighted by Crippen LogP contribution is 2.27. The fraction of sp³-hybridized carbons (Fsp3) is 0.0667. The SMILES string of the molecule is COc1cccc(/C=N/NC(=O)Nc2ccccc2)c1O. The summed E-state index contributed by atoms with van der Waals surface area (Å²) in [6.45, 7) is 0. The van der Waals surface area contributed by atoms with E-state index in [1.807, 2.05) is 18.2 Å². The van der Waals surface area contributed by atoms with Crippen molar-refractivity contribution >= 4 is 17.9 Å². The number of nitrogens with zero attached hydrogens (tertiary/aromatic N) is 1. The van der Waals surface area contributed by atoms with E-state index in [1.54, 1.807) is 30.3 Å². The number of phenols is 1. The van der Waals surface area contributed by atoms with Crippen LogP contribution in [-0.2, 0) is 0 Å². The van der Waals surface area contributed by atoms with E-state index in [-0.39, 0.29) is 5.75 Å². The van der Waals surface area contributed by atoms with E-state index in [9.17, 15) is 9.90 Å². The van der Waals surface area contributed by atoms with Crippen LogP contribution in [0.4, 0.5) is 10.5 Å². The molecule has 0 aliphatic carbocycles. The van der Waals surface area contributed by atoms with Crippen molar-refractivity contribution in [3.05, 3.63) is 54.1 Å². The number of hydrogen-bond acceptors (Lipinski definition) is 4. The minimum Gasteiger partial charge on any atom is -0.504 e. The molecule has 0 fully saturated rings. The summed E-state index contributed by atoms with van der Waals surface area (Å²) in [5, 5.41) is 16.2. The Bertz CT molecular complexity index is 642. The number of aromatic hydroxyl groups is 1. The molecule has 0 saturated heterocycles. The van der Waals surface area contributed by atoms with Crippen LogP contribution >= 0.6 is 0 Å². The molecule has 6 nitrogen and oxygen atoms in total. The fourth-order valence-electron chi connectivity index (χ4n) is 1.65. The molecule has 3 N–H and O–H groups in total. The summed E-state index contributed by atoms with van der Waals surface area (Å²) in [6, 6.07) is 13.5. The number of carbonyl (C=O) groups is 1. The minimum absolute atomic E-state index is 0.0333. The molecule has 0 unspecified atom stereocenters. The predicted molar refractivity (Wildman–Crippen MR) is 80.8 cm³/mol. The number of rotatable bonds is 4. The molecular weight excluding hydrogens is 270 g/mol. The lowest BCUT2D eigenvalue weighted by Crippen LogP contribution is -2.24. The number of hydrogen-bond donors (Lipinski definition) is 3. The molecule has 0 aliphatic rings. The van der Waals surface area contributed by atoms with Gasteiger partial charge in [-0.3, -0.25) is 0 Å². The van der Waals surface area contributed by atoms with Gasteiger partial charge in [0.2, 0.25) is 0 Å². The summed E-state index contributed by atoms with van der Waals surface area (Å²) >= 11 is 0. The Morgan fingerprint density at radius 2 is 1.95 bits per heavy atom. The normalized spacial score (nSPS) is 10.3. The maximum absolute atomic E-state index is 11.6. The maximum Gasteiger partial charge on any atom is 0.339 e. The minimum atomic E-state index is -0.472. The average Bonchev–Trinajstić information content (AvgIpc) is 2.50. The summed E-state index contributed by atoms with van der Waals surface area (Å²) < 4.78 is 4.98. The third-order valence-corrected chi connectivity index (χ3v) is 2.65. The first-order valence-electron chi connectivity index (χ1n) is 6.22. The number of phenolic OH excluding ortho intramolecular Hbond substituents is 1. The van der Waals surface area contributed by atoms with Gasteiger partial charge >= 0.3 is 6.03 Å². The van der Waals surface area contributed by atoms with Crippen LogP contribution in [-0.4, -0.2) is 24.5 Å². The van der Waals surface area contributed by atoms with Gasteiger partial charge in [-0.25, -0.2) is 10.2 Å². The van der Waals surface area contributed by atoms with Crippen molar-refractivity contribution in [2.24, 2.45) is 5.10 Å². The Hall–Kier alpha value is -3.02. The van der Waals surface area contributed by atoms with Gasteiger partial charge in [0.1, 0.15) is 0 Å². The highest BCUT2D eigenvalue weighted by atomic mass is 16.5. The van der Waals surface area contributed by atoms with Crippen molar-refractivity contribution < 1.29 is 14.6 Å². The average molecular weight is 285 g/mol. The molecule has 0 atom stereocenters. The summed E-state index contributed by atoms with van der Waals surface area (Å²) in [4.78, 5) is 11.6. The number of hydrazone groups is 1. The third kappa shape index (κ3) is 3.97. The second-order valence-corrected chi connectivity index (χ2v) is 4.09. The lowest BCUT2D eigenvalue weighted by atomic mass is 10.2. The topological polar surface area (TPSA) is 83.0 Å². The highest BCUT2D eigenvalue weighted by molar-refractivity contribution is 5.91. The predicted octanol–water partition coefficient (Wildman–Crippen LogP) is 2.56. The largest absolute Gasteiger partial charge is 0.504 e. The molecule has 2 aromatic rings. The van der Waals surface area contributed by atoms with Gasteiger partial charge in [0.25, 0.3) is 0 Å². The van der Waals surface area contributed by atoms with E-state index in [0.29, 0.717) is 17.0 Å². The molecule has 0 bridgehead atoms. The molecule has 21 heavy (non-hydrogen) atoms. The van der Waals surface area contributed by atoms with Gasteiger partial charge in [-0.2, -0.15) is 5.10 Å². The van der Waals surface area contributed by atoms with Gasteiger partial charge in [0.05, 0.1) is 13.3 Å². The van der Waals surface area contributed by atoms with Crippen LogP contribution in [0.15, 0.2) is 53.6 Å². The standard InChI is InChI=1S/C15H15N3O3/c1-21-13-9-5-6-11(14(13)19)10-16-18-15(20)17-12-7-3-2-4-8-12/h2-10,19H,1H3,(H2,17,18,20)/b16-10+. The Labute approximate surface area is 122 Å².